The Kier molecular flexibility index (Phi) is 2.79. The number of fused-ring (bicyclic) bond motifs is 1. The molecular formula is C12H18N4O. The highest BCUT2D eigenvalue weighted by Crippen LogP contribution is 2.16. The van der Waals surface area contributed by atoms with Crippen LogP contribution in [-0.4, -0.2) is 31.3 Å². The van der Waals surface area contributed by atoms with Gasteiger partial charge in [-0.05, 0) is 39.8 Å². The van der Waals surface area contributed by atoms with Crippen molar-refractivity contribution in [3.05, 3.63) is 23.9 Å². The summed E-state index contributed by atoms with van der Waals surface area (Å²) in [6.07, 6.45) is -0.491. The monoisotopic (exact) mass is 234 g/mol. The van der Waals surface area contributed by atoms with Crippen molar-refractivity contribution < 1.29 is 5.11 Å². The van der Waals surface area contributed by atoms with Crippen LogP contribution in [0.1, 0.15) is 26.5 Å². The quantitative estimate of drug-likeness (QED) is 0.847. The van der Waals surface area contributed by atoms with Crippen molar-refractivity contribution in [1.29, 1.82) is 0 Å². The number of pyridine rings is 1. The zero-order chi connectivity index (χ0) is 12.6. The second-order valence-electron chi connectivity index (χ2n) is 4.90. The van der Waals surface area contributed by atoms with Crippen LogP contribution in [0.15, 0.2) is 18.2 Å². The number of hydrogen-bond donors (Lipinski definition) is 2. The van der Waals surface area contributed by atoms with Crippen molar-refractivity contribution in [3.63, 3.8) is 0 Å². The third kappa shape index (κ3) is 2.24. The number of hydrogen-bond acceptors (Lipinski definition) is 4. The molecular weight excluding hydrogens is 216 g/mol. The number of nitrogens with zero attached hydrogens (tertiary/aromatic N) is 3. The van der Waals surface area contributed by atoms with Crippen molar-refractivity contribution in [1.82, 2.24) is 14.6 Å². The maximum absolute atomic E-state index is 9.65. The largest absolute Gasteiger partial charge is 0.391 e. The van der Waals surface area contributed by atoms with Crippen LogP contribution in [0.25, 0.3) is 5.65 Å². The summed E-state index contributed by atoms with van der Waals surface area (Å²) in [5.74, 6) is 0.533. The molecule has 0 aliphatic heterocycles. The Bertz CT molecular complexity index is 530. The van der Waals surface area contributed by atoms with E-state index in [-0.39, 0.29) is 0 Å². The predicted molar refractivity (Wildman–Crippen MR) is 67.1 cm³/mol. The fourth-order valence-corrected chi connectivity index (χ4v) is 1.48. The van der Waals surface area contributed by atoms with Crippen molar-refractivity contribution >= 4 is 11.6 Å². The van der Waals surface area contributed by atoms with Gasteiger partial charge in [0.05, 0.1) is 11.6 Å². The van der Waals surface area contributed by atoms with Crippen LogP contribution in [0, 0.1) is 6.92 Å². The second kappa shape index (κ2) is 4.00. The van der Waals surface area contributed by atoms with Crippen LogP contribution < -0.4 is 5.32 Å². The summed E-state index contributed by atoms with van der Waals surface area (Å²) in [7, 11) is 0. The molecule has 2 N–H and O–H groups in total. The van der Waals surface area contributed by atoms with Crippen LogP contribution in [0.2, 0.25) is 0 Å². The first kappa shape index (κ1) is 11.9. The molecule has 0 aliphatic rings. The molecule has 2 aromatic rings. The summed E-state index contributed by atoms with van der Waals surface area (Å²) in [6.45, 7) is 7.55. The zero-order valence-corrected chi connectivity index (χ0v) is 10.6. The van der Waals surface area contributed by atoms with Gasteiger partial charge in [0.2, 0.25) is 5.95 Å². The van der Waals surface area contributed by atoms with Crippen LogP contribution in [0.3, 0.4) is 0 Å². The number of rotatable bonds is 3. The minimum atomic E-state index is -0.491. The molecule has 2 heterocycles. The molecule has 0 aliphatic carbocycles. The number of anilines is 1. The van der Waals surface area contributed by atoms with Gasteiger partial charge in [0.15, 0.2) is 5.65 Å². The standard InChI is InChI=1S/C12H18N4O/c1-8-6-5-7-10-13-11(15-16(8)10)14-12(3,4)9(2)17/h5-7,9,17H,1-4H3,(H,14,15). The Morgan fingerprint density at radius 1 is 1.41 bits per heavy atom. The molecule has 0 saturated heterocycles. The van der Waals surface area contributed by atoms with Crippen LogP contribution >= 0.6 is 0 Å². The van der Waals surface area contributed by atoms with Crippen LogP contribution in [0.5, 0.6) is 0 Å². The summed E-state index contributed by atoms with van der Waals surface area (Å²) in [4.78, 5) is 4.37. The second-order valence-corrected chi connectivity index (χ2v) is 4.90. The SMILES string of the molecule is Cc1cccc2nc(NC(C)(C)C(C)O)nn12. The summed E-state index contributed by atoms with van der Waals surface area (Å²) >= 11 is 0. The Morgan fingerprint density at radius 2 is 2.12 bits per heavy atom. The maximum atomic E-state index is 9.65. The fourth-order valence-electron chi connectivity index (χ4n) is 1.48. The number of aromatic nitrogens is 3. The molecule has 2 rings (SSSR count). The third-order valence-corrected chi connectivity index (χ3v) is 3.03. The van der Waals surface area contributed by atoms with E-state index in [1.165, 1.54) is 0 Å². The number of nitrogens with one attached hydrogen (secondary N) is 1. The smallest absolute Gasteiger partial charge is 0.243 e. The van der Waals surface area contributed by atoms with E-state index in [1.54, 1.807) is 11.4 Å². The Morgan fingerprint density at radius 3 is 2.71 bits per heavy atom. The molecule has 0 fully saturated rings. The average molecular weight is 234 g/mol. The van der Waals surface area contributed by atoms with Gasteiger partial charge < -0.3 is 10.4 Å². The molecule has 0 amide bonds. The highest BCUT2D eigenvalue weighted by Gasteiger charge is 2.25. The van der Waals surface area contributed by atoms with Crippen LogP contribution in [0.4, 0.5) is 5.95 Å². The lowest BCUT2D eigenvalue weighted by atomic mass is 9.99. The van der Waals surface area contributed by atoms with Gasteiger partial charge in [0.25, 0.3) is 0 Å². The van der Waals surface area contributed by atoms with E-state index in [1.807, 2.05) is 39.0 Å². The van der Waals surface area contributed by atoms with E-state index >= 15 is 0 Å². The Labute approximate surface area is 100 Å². The van der Waals surface area contributed by atoms with E-state index in [2.05, 4.69) is 15.4 Å². The molecule has 0 bridgehead atoms. The molecule has 2 aromatic heterocycles. The number of aryl methyl sites for hydroxylation is 1. The Hall–Kier alpha value is -1.62. The van der Waals surface area contributed by atoms with Crippen molar-refractivity contribution in [3.8, 4) is 0 Å². The van der Waals surface area contributed by atoms with Gasteiger partial charge in [-0.25, -0.2) is 4.52 Å². The van der Waals surface area contributed by atoms with E-state index in [0.29, 0.717) is 5.95 Å². The summed E-state index contributed by atoms with van der Waals surface area (Å²) < 4.78 is 1.78. The summed E-state index contributed by atoms with van der Waals surface area (Å²) in [5.41, 5.74) is 1.37. The van der Waals surface area contributed by atoms with Gasteiger partial charge in [-0.15, -0.1) is 5.10 Å². The van der Waals surface area contributed by atoms with Gasteiger partial charge in [0.1, 0.15) is 0 Å². The molecule has 17 heavy (non-hydrogen) atoms. The van der Waals surface area contributed by atoms with E-state index in [9.17, 15) is 5.11 Å². The normalized spacial score (nSPS) is 13.9. The van der Waals surface area contributed by atoms with E-state index in [4.69, 9.17) is 0 Å². The molecule has 5 heteroatoms. The minimum absolute atomic E-state index is 0.459. The van der Waals surface area contributed by atoms with Gasteiger partial charge in [0, 0.05) is 5.69 Å². The average Bonchev–Trinajstić information content (AvgIpc) is 2.60. The zero-order valence-electron chi connectivity index (χ0n) is 10.6. The first-order valence-electron chi connectivity index (χ1n) is 5.69. The summed E-state index contributed by atoms with van der Waals surface area (Å²) in [6, 6.07) is 5.83. The third-order valence-electron chi connectivity index (χ3n) is 3.03. The molecule has 5 nitrogen and oxygen atoms in total. The lowest BCUT2D eigenvalue weighted by molar-refractivity contribution is 0.132. The highest BCUT2D eigenvalue weighted by atomic mass is 16.3. The lowest BCUT2D eigenvalue weighted by Crippen LogP contribution is -2.42. The van der Waals surface area contributed by atoms with Crippen molar-refractivity contribution in [2.24, 2.45) is 0 Å². The predicted octanol–water partition coefficient (Wildman–Crippen LogP) is 1.61. The number of aliphatic hydroxyl groups excluding tert-OH is 1. The molecule has 0 spiro atoms. The number of aliphatic hydroxyl groups is 1. The molecule has 92 valence electrons. The van der Waals surface area contributed by atoms with Gasteiger partial charge in [-0.1, -0.05) is 6.07 Å². The topological polar surface area (TPSA) is 62.5 Å². The van der Waals surface area contributed by atoms with Gasteiger partial charge in [-0.3, -0.25) is 0 Å². The highest BCUT2D eigenvalue weighted by molar-refractivity contribution is 5.45. The first-order chi connectivity index (χ1) is 7.90. The molecule has 0 aromatic carbocycles. The van der Waals surface area contributed by atoms with Gasteiger partial charge >= 0.3 is 0 Å². The minimum Gasteiger partial charge on any atom is -0.391 e. The molecule has 0 saturated carbocycles. The first-order valence-corrected chi connectivity index (χ1v) is 5.69. The maximum Gasteiger partial charge on any atom is 0.243 e. The molecule has 1 atom stereocenters. The van der Waals surface area contributed by atoms with Crippen LogP contribution in [-0.2, 0) is 0 Å². The molecule has 0 radical (unpaired) electrons. The summed E-state index contributed by atoms with van der Waals surface area (Å²) in [5, 5.41) is 17.2. The van der Waals surface area contributed by atoms with Crippen molar-refractivity contribution in [2.75, 3.05) is 5.32 Å². The van der Waals surface area contributed by atoms with E-state index < -0.39 is 11.6 Å². The Balaban J connectivity index is 2.35. The van der Waals surface area contributed by atoms with Gasteiger partial charge in [-0.2, -0.15) is 4.98 Å². The fraction of sp³-hybridized carbons (Fsp3) is 0.500. The molecule has 1 unspecified atom stereocenters. The lowest BCUT2D eigenvalue weighted by Gasteiger charge is -2.28. The van der Waals surface area contributed by atoms with E-state index in [0.717, 1.165) is 11.3 Å². The van der Waals surface area contributed by atoms with Crippen molar-refractivity contribution in [2.45, 2.75) is 39.3 Å².